The summed E-state index contributed by atoms with van der Waals surface area (Å²) in [4.78, 5) is 29.7. The van der Waals surface area contributed by atoms with E-state index in [9.17, 15) is 9.59 Å². The van der Waals surface area contributed by atoms with Crippen LogP contribution in [0.15, 0.2) is 52.9 Å². The van der Waals surface area contributed by atoms with Crippen molar-refractivity contribution in [3.8, 4) is 5.75 Å². The molecule has 0 amide bonds. The molecule has 2 aromatic carbocycles. The molecule has 0 radical (unpaired) electrons. The zero-order valence-corrected chi connectivity index (χ0v) is 16.8. The molecule has 0 aliphatic rings. The minimum atomic E-state index is -0.781. The highest BCUT2D eigenvalue weighted by atomic mass is 16.5. The van der Waals surface area contributed by atoms with Gasteiger partial charge in [0.05, 0.1) is 13.7 Å². The van der Waals surface area contributed by atoms with Crippen LogP contribution in [-0.2, 0) is 20.7 Å². The van der Waals surface area contributed by atoms with Crippen LogP contribution >= 0.6 is 0 Å². The highest BCUT2D eigenvalue weighted by Crippen LogP contribution is 2.21. The minimum absolute atomic E-state index is 0.209. The second-order valence-corrected chi connectivity index (χ2v) is 6.77. The van der Waals surface area contributed by atoms with Gasteiger partial charge in [-0.15, -0.1) is 0 Å². The first-order valence-corrected chi connectivity index (χ1v) is 9.34. The molecule has 3 rings (SSSR count). The Balaban J connectivity index is 1.52. The van der Waals surface area contributed by atoms with E-state index < -0.39 is 11.9 Å². The molecule has 29 heavy (non-hydrogen) atoms. The molecule has 0 bridgehead atoms. The Morgan fingerprint density at radius 3 is 2.52 bits per heavy atom. The zero-order chi connectivity index (χ0) is 20.8. The molecular weight excluding hydrogens is 372 g/mol. The van der Waals surface area contributed by atoms with Crippen molar-refractivity contribution < 1.29 is 23.5 Å². The Bertz CT molecular complexity index is 947. The number of esters is 1. The van der Waals surface area contributed by atoms with Gasteiger partial charge in [0.15, 0.2) is 5.58 Å². The fraction of sp³-hybridized carbons (Fsp3) is 0.318. The number of hydrogen-bond acceptors (Lipinski definition) is 7. The molecule has 0 fully saturated rings. The normalized spacial score (nSPS) is 11.8. The van der Waals surface area contributed by atoms with E-state index in [0.717, 1.165) is 16.7 Å². The largest absolute Gasteiger partial charge is 0.492 e. The first-order chi connectivity index (χ1) is 14.0. The van der Waals surface area contributed by atoms with Crippen LogP contribution in [0, 0.1) is 5.92 Å². The molecule has 152 valence electrons. The Labute approximate surface area is 169 Å². The summed E-state index contributed by atoms with van der Waals surface area (Å²) in [5.41, 5.74) is 2.44. The first kappa shape index (κ1) is 20.4. The highest BCUT2D eigenvalue weighted by Gasteiger charge is 2.24. The summed E-state index contributed by atoms with van der Waals surface area (Å²) in [6, 6.07) is 15.5. The summed E-state index contributed by atoms with van der Waals surface area (Å²) >= 11 is 0. The van der Waals surface area contributed by atoms with Gasteiger partial charge in [0, 0.05) is 7.05 Å². The van der Waals surface area contributed by atoms with Crippen molar-refractivity contribution in [2.24, 2.45) is 5.92 Å². The smallest absolute Gasteiger partial charge is 0.316 e. The summed E-state index contributed by atoms with van der Waals surface area (Å²) in [5.74, 6) is -0.798. The predicted molar refractivity (Wildman–Crippen MR) is 109 cm³/mol. The number of rotatable bonds is 9. The van der Waals surface area contributed by atoms with Crippen molar-refractivity contribution in [3.63, 3.8) is 0 Å². The lowest BCUT2D eigenvalue weighted by Crippen LogP contribution is -2.25. The van der Waals surface area contributed by atoms with E-state index >= 15 is 0 Å². The van der Waals surface area contributed by atoms with E-state index in [-0.39, 0.29) is 5.78 Å². The molecule has 7 heteroatoms. The average molecular weight is 396 g/mol. The van der Waals surface area contributed by atoms with Crippen LogP contribution in [0.4, 0.5) is 6.01 Å². The number of Topliss-reactive ketones (excluding diaryl/α,β-unsaturated/α-hetero) is 1. The number of benzene rings is 2. The number of aromatic nitrogens is 1. The van der Waals surface area contributed by atoms with Gasteiger partial charge in [0.25, 0.3) is 6.01 Å². The molecule has 1 heterocycles. The number of anilines is 1. The van der Waals surface area contributed by atoms with Gasteiger partial charge in [-0.05, 0) is 43.2 Å². The summed E-state index contributed by atoms with van der Waals surface area (Å²) in [7, 11) is 3.18. The molecule has 3 aromatic rings. The Hall–Kier alpha value is -3.35. The molecule has 0 saturated carbocycles. The number of oxazole rings is 1. The van der Waals surface area contributed by atoms with Gasteiger partial charge < -0.3 is 18.8 Å². The van der Waals surface area contributed by atoms with Crippen molar-refractivity contribution in [1.82, 2.24) is 4.98 Å². The lowest BCUT2D eigenvalue weighted by atomic mass is 9.96. The number of ether oxygens (including phenoxy) is 2. The standard InChI is InChI=1S/C22H24N2O5/c1-15(25)18(21(26)27-3)14-16-8-10-17(11-9-16)28-13-12-24(2)22-23-19-6-4-5-7-20(19)29-22/h4-11,18H,12-14H2,1-3H3. The number of nitrogens with zero attached hydrogens (tertiary/aromatic N) is 2. The quantitative estimate of drug-likeness (QED) is 0.405. The number of fused-ring (bicyclic) bond motifs is 1. The average Bonchev–Trinajstić information content (AvgIpc) is 3.16. The summed E-state index contributed by atoms with van der Waals surface area (Å²) in [5, 5.41) is 0. The maximum absolute atomic E-state index is 11.7. The van der Waals surface area contributed by atoms with Gasteiger partial charge in [-0.25, -0.2) is 0 Å². The third-order valence-electron chi connectivity index (χ3n) is 4.64. The van der Waals surface area contributed by atoms with E-state index in [2.05, 4.69) is 4.98 Å². The Morgan fingerprint density at radius 1 is 1.14 bits per heavy atom. The summed E-state index contributed by atoms with van der Waals surface area (Å²) in [6.07, 6.45) is 0.308. The van der Waals surface area contributed by atoms with Crippen molar-refractivity contribution in [1.29, 1.82) is 0 Å². The molecule has 1 aromatic heterocycles. The van der Waals surface area contributed by atoms with Crippen LogP contribution in [0.3, 0.4) is 0 Å². The molecule has 1 unspecified atom stereocenters. The highest BCUT2D eigenvalue weighted by molar-refractivity contribution is 5.97. The molecular formula is C22H24N2O5. The lowest BCUT2D eigenvalue weighted by Gasteiger charge is -2.15. The second-order valence-electron chi connectivity index (χ2n) is 6.77. The topological polar surface area (TPSA) is 81.9 Å². The first-order valence-electron chi connectivity index (χ1n) is 9.34. The molecule has 0 spiro atoms. The fourth-order valence-electron chi connectivity index (χ4n) is 2.91. The maximum Gasteiger partial charge on any atom is 0.316 e. The maximum atomic E-state index is 11.7. The summed E-state index contributed by atoms with van der Waals surface area (Å²) in [6.45, 7) is 2.45. The van der Waals surface area contributed by atoms with Crippen molar-refractivity contribution in [2.75, 3.05) is 32.2 Å². The third kappa shape index (κ3) is 5.13. The van der Waals surface area contributed by atoms with Gasteiger partial charge in [0.1, 0.15) is 29.6 Å². The van der Waals surface area contributed by atoms with Gasteiger partial charge in [-0.2, -0.15) is 4.98 Å². The van der Waals surface area contributed by atoms with Crippen LogP contribution in [0.2, 0.25) is 0 Å². The molecule has 0 saturated heterocycles. The van der Waals surface area contributed by atoms with E-state index in [1.54, 1.807) is 0 Å². The van der Waals surface area contributed by atoms with Crippen LogP contribution in [0.1, 0.15) is 12.5 Å². The van der Waals surface area contributed by atoms with Crippen LogP contribution in [-0.4, -0.2) is 44.0 Å². The van der Waals surface area contributed by atoms with E-state index in [0.29, 0.717) is 31.3 Å². The van der Waals surface area contributed by atoms with E-state index in [1.807, 2.05) is 60.5 Å². The third-order valence-corrected chi connectivity index (χ3v) is 4.64. The van der Waals surface area contributed by atoms with Gasteiger partial charge in [-0.3, -0.25) is 9.59 Å². The Kier molecular flexibility index (Phi) is 6.49. The van der Waals surface area contributed by atoms with Crippen LogP contribution in [0.25, 0.3) is 11.1 Å². The molecule has 1 atom stereocenters. The molecule has 0 aliphatic heterocycles. The monoisotopic (exact) mass is 396 g/mol. The SMILES string of the molecule is COC(=O)C(Cc1ccc(OCCN(C)c2nc3ccccc3o2)cc1)C(C)=O. The van der Waals surface area contributed by atoms with Gasteiger partial charge in [-0.1, -0.05) is 24.3 Å². The van der Waals surface area contributed by atoms with Crippen LogP contribution < -0.4 is 9.64 Å². The zero-order valence-electron chi connectivity index (χ0n) is 16.8. The number of para-hydroxylation sites is 2. The fourth-order valence-corrected chi connectivity index (χ4v) is 2.91. The number of ketones is 1. The number of carbonyl (C=O) groups excluding carboxylic acids is 2. The van der Waals surface area contributed by atoms with E-state index in [1.165, 1.54) is 14.0 Å². The van der Waals surface area contributed by atoms with E-state index in [4.69, 9.17) is 13.9 Å². The number of carbonyl (C=O) groups is 2. The van der Waals surface area contributed by atoms with Crippen molar-refractivity contribution in [2.45, 2.75) is 13.3 Å². The number of methoxy groups -OCH3 is 1. The van der Waals surface area contributed by atoms with Crippen molar-refractivity contribution in [3.05, 3.63) is 54.1 Å². The van der Waals surface area contributed by atoms with Crippen LogP contribution in [0.5, 0.6) is 5.75 Å². The second kappa shape index (κ2) is 9.23. The van der Waals surface area contributed by atoms with Gasteiger partial charge >= 0.3 is 5.97 Å². The molecule has 7 nitrogen and oxygen atoms in total. The number of likely N-dealkylation sites (N-methyl/N-ethyl adjacent to an activating group) is 1. The Morgan fingerprint density at radius 2 is 1.86 bits per heavy atom. The molecule has 0 N–H and O–H groups in total. The summed E-state index contributed by atoms with van der Waals surface area (Å²) < 4.78 is 16.2. The lowest BCUT2D eigenvalue weighted by molar-refractivity contribution is -0.148. The minimum Gasteiger partial charge on any atom is -0.492 e. The van der Waals surface area contributed by atoms with Gasteiger partial charge in [0.2, 0.25) is 0 Å². The number of hydrogen-bond donors (Lipinski definition) is 0. The predicted octanol–water partition coefficient (Wildman–Crippen LogP) is 3.26. The van der Waals surface area contributed by atoms with Crippen molar-refractivity contribution >= 4 is 28.9 Å². The molecule has 0 aliphatic carbocycles.